The summed E-state index contributed by atoms with van der Waals surface area (Å²) in [5.41, 5.74) is 2.62. The number of amides is 1. The highest BCUT2D eigenvalue weighted by Crippen LogP contribution is 2.37. The molecule has 1 amide bonds. The van der Waals surface area contributed by atoms with Gasteiger partial charge in [-0.1, -0.05) is 12.1 Å². The minimum atomic E-state index is -4.18. The molecule has 13 heteroatoms. The topological polar surface area (TPSA) is 146 Å². The maximum Gasteiger partial charge on any atom is 0.272 e. The zero-order valence-corrected chi connectivity index (χ0v) is 22.7. The molecule has 1 aliphatic heterocycles. The van der Waals surface area contributed by atoms with Crippen LogP contribution in [0.4, 0.5) is 5.69 Å². The summed E-state index contributed by atoms with van der Waals surface area (Å²) in [6.45, 7) is 6.12. The van der Waals surface area contributed by atoms with Gasteiger partial charge in [0.15, 0.2) is 5.69 Å². The van der Waals surface area contributed by atoms with Gasteiger partial charge < -0.3 is 14.8 Å². The molecule has 0 radical (unpaired) electrons. The van der Waals surface area contributed by atoms with Gasteiger partial charge in [-0.25, -0.2) is 8.42 Å². The van der Waals surface area contributed by atoms with Crippen molar-refractivity contribution in [3.63, 3.8) is 0 Å². The number of sulfonamides is 1. The molecule has 0 bridgehead atoms. The number of nitro benzene ring substituents is 1. The third-order valence-corrected chi connectivity index (χ3v) is 8.64. The lowest BCUT2D eigenvalue weighted by atomic mass is 10.1. The first-order chi connectivity index (χ1) is 18.6. The number of rotatable bonds is 8. The lowest BCUT2D eigenvalue weighted by molar-refractivity contribution is -0.385. The zero-order valence-electron chi connectivity index (χ0n) is 21.8. The summed E-state index contributed by atoms with van der Waals surface area (Å²) in [7, 11) is -4.18. The zero-order chi connectivity index (χ0) is 27.9. The molecule has 2 heterocycles. The van der Waals surface area contributed by atoms with Crippen molar-refractivity contribution in [3.8, 4) is 17.3 Å². The predicted molar refractivity (Wildman–Crippen MR) is 141 cm³/mol. The number of carbonyl (C=O) groups excluding carboxylic acids is 1. The van der Waals surface area contributed by atoms with Crippen LogP contribution in [0.15, 0.2) is 41.3 Å². The maximum atomic E-state index is 13.6. The molecule has 206 valence electrons. The van der Waals surface area contributed by atoms with E-state index < -0.39 is 20.6 Å². The minimum absolute atomic E-state index is 0.104. The number of hydrogen-bond acceptors (Lipinski definition) is 8. The van der Waals surface area contributed by atoms with Gasteiger partial charge in [0.1, 0.15) is 10.6 Å². The third kappa shape index (κ3) is 5.37. The van der Waals surface area contributed by atoms with Gasteiger partial charge in [-0.15, -0.1) is 0 Å². The van der Waals surface area contributed by atoms with Crippen molar-refractivity contribution < 1.29 is 27.6 Å². The van der Waals surface area contributed by atoms with Crippen molar-refractivity contribution in [2.24, 2.45) is 0 Å². The molecule has 3 aromatic rings. The maximum absolute atomic E-state index is 13.6. The summed E-state index contributed by atoms with van der Waals surface area (Å²) in [6.07, 6.45) is 1.80. The van der Waals surface area contributed by atoms with Crippen molar-refractivity contribution >= 4 is 21.6 Å². The number of aryl methyl sites for hydroxylation is 2. The van der Waals surface area contributed by atoms with E-state index in [1.807, 2.05) is 32.0 Å². The lowest BCUT2D eigenvalue weighted by Gasteiger charge is -2.26. The smallest absolute Gasteiger partial charge is 0.272 e. The van der Waals surface area contributed by atoms with Gasteiger partial charge in [0.05, 0.1) is 23.8 Å². The second-order valence-corrected chi connectivity index (χ2v) is 11.6. The van der Waals surface area contributed by atoms with E-state index in [1.165, 1.54) is 21.1 Å². The molecule has 1 N–H and O–H groups in total. The monoisotopic (exact) mass is 555 g/mol. The Labute approximate surface area is 225 Å². The van der Waals surface area contributed by atoms with Gasteiger partial charge in [0, 0.05) is 36.8 Å². The van der Waals surface area contributed by atoms with Gasteiger partial charge in [-0.2, -0.15) is 14.1 Å². The van der Waals surface area contributed by atoms with E-state index in [0.717, 1.165) is 30.0 Å². The summed E-state index contributed by atoms with van der Waals surface area (Å²) >= 11 is 0. The van der Waals surface area contributed by atoms with Crippen LogP contribution in [0.2, 0.25) is 0 Å². The van der Waals surface area contributed by atoms with Crippen LogP contribution in [0.25, 0.3) is 5.69 Å². The molecule has 0 spiro atoms. The van der Waals surface area contributed by atoms with Crippen LogP contribution in [-0.2, 0) is 14.8 Å². The number of aromatic nitrogens is 2. The Morgan fingerprint density at radius 3 is 2.51 bits per heavy atom. The Balaban J connectivity index is 1.65. The van der Waals surface area contributed by atoms with Crippen molar-refractivity contribution in [3.05, 3.63) is 68.9 Å². The van der Waals surface area contributed by atoms with Crippen LogP contribution in [0, 0.1) is 30.9 Å². The Kier molecular flexibility index (Phi) is 7.14. The normalized spacial score (nSPS) is 16.2. The average molecular weight is 556 g/mol. The summed E-state index contributed by atoms with van der Waals surface area (Å²) in [5, 5.41) is 19.1. The van der Waals surface area contributed by atoms with Crippen molar-refractivity contribution in [2.45, 2.75) is 44.6 Å². The summed E-state index contributed by atoms with van der Waals surface area (Å²) in [6, 6.07) is 9.28. The SMILES string of the molecule is Cc1ccc(C)c(-n2nc(C(=O)NC3CC3)c(C)c2Oc2ccc([N+](=O)[O-])cc2S(=O)(=O)N2CCOCC2)c1. The molecule has 2 fully saturated rings. The van der Waals surface area contributed by atoms with Crippen LogP contribution in [0.1, 0.15) is 40.0 Å². The summed E-state index contributed by atoms with van der Waals surface area (Å²) < 4.78 is 41.5. The van der Waals surface area contributed by atoms with E-state index in [0.29, 0.717) is 11.3 Å². The number of non-ortho nitro benzene ring substituents is 1. The molecule has 1 saturated heterocycles. The Morgan fingerprint density at radius 1 is 1.13 bits per heavy atom. The highest BCUT2D eigenvalue weighted by Gasteiger charge is 2.33. The van der Waals surface area contributed by atoms with Crippen molar-refractivity contribution in [1.29, 1.82) is 0 Å². The highest BCUT2D eigenvalue weighted by molar-refractivity contribution is 7.89. The second-order valence-electron chi connectivity index (χ2n) is 9.73. The Bertz CT molecular complexity index is 1560. The number of hydrogen-bond donors (Lipinski definition) is 1. The number of morpholine rings is 1. The second kappa shape index (κ2) is 10.4. The van der Waals surface area contributed by atoms with E-state index in [-0.39, 0.29) is 60.5 Å². The molecule has 0 atom stereocenters. The quantitative estimate of drug-likeness (QED) is 0.329. The molecule has 2 aliphatic rings. The van der Waals surface area contributed by atoms with Crippen LogP contribution in [-0.4, -0.2) is 65.7 Å². The molecule has 1 aliphatic carbocycles. The van der Waals surface area contributed by atoms with E-state index in [2.05, 4.69) is 10.4 Å². The molecule has 0 unspecified atom stereocenters. The van der Waals surface area contributed by atoms with Crippen molar-refractivity contribution in [2.75, 3.05) is 26.3 Å². The van der Waals surface area contributed by atoms with Crippen LogP contribution in [0.5, 0.6) is 11.6 Å². The van der Waals surface area contributed by atoms with Crippen LogP contribution in [0.3, 0.4) is 0 Å². The molecule has 2 aromatic carbocycles. The van der Waals surface area contributed by atoms with E-state index in [4.69, 9.17) is 9.47 Å². The fourth-order valence-electron chi connectivity index (χ4n) is 4.33. The molecule has 12 nitrogen and oxygen atoms in total. The number of benzene rings is 2. The number of nitro groups is 1. The highest BCUT2D eigenvalue weighted by atomic mass is 32.2. The van der Waals surface area contributed by atoms with Gasteiger partial charge in [0.25, 0.3) is 11.6 Å². The molecule has 39 heavy (non-hydrogen) atoms. The van der Waals surface area contributed by atoms with Gasteiger partial charge >= 0.3 is 0 Å². The first kappa shape index (κ1) is 26.8. The lowest BCUT2D eigenvalue weighted by Crippen LogP contribution is -2.40. The number of nitrogens with zero attached hydrogens (tertiary/aromatic N) is 4. The molecule has 1 saturated carbocycles. The molecular weight excluding hydrogens is 526 g/mol. The first-order valence-corrected chi connectivity index (χ1v) is 14.0. The van der Waals surface area contributed by atoms with E-state index >= 15 is 0 Å². The van der Waals surface area contributed by atoms with Crippen LogP contribution < -0.4 is 10.1 Å². The first-order valence-electron chi connectivity index (χ1n) is 12.6. The molecular formula is C26H29N5O7S. The average Bonchev–Trinajstić information content (AvgIpc) is 3.68. The Morgan fingerprint density at radius 2 is 1.85 bits per heavy atom. The Hall–Kier alpha value is -3.81. The number of nitrogens with one attached hydrogen (secondary N) is 1. The van der Waals surface area contributed by atoms with E-state index in [9.17, 15) is 23.3 Å². The summed E-state index contributed by atoms with van der Waals surface area (Å²) in [4.78, 5) is 23.6. The fraction of sp³-hybridized carbons (Fsp3) is 0.385. The van der Waals surface area contributed by atoms with E-state index in [1.54, 1.807) is 6.92 Å². The van der Waals surface area contributed by atoms with Gasteiger partial charge in [0.2, 0.25) is 15.9 Å². The largest absolute Gasteiger partial charge is 0.437 e. The number of ether oxygens (including phenoxy) is 2. The summed E-state index contributed by atoms with van der Waals surface area (Å²) in [5.74, 6) is -0.332. The molecule has 1 aromatic heterocycles. The third-order valence-electron chi connectivity index (χ3n) is 6.72. The molecule has 5 rings (SSSR count). The fourth-order valence-corrected chi connectivity index (χ4v) is 5.88. The van der Waals surface area contributed by atoms with Gasteiger partial charge in [-0.05, 0) is 56.9 Å². The minimum Gasteiger partial charge on any atom is -0.437 e. The number of carbonyl (C=O) groups is 1. The van der Waals surface area contributed by atoms with Crippen molar-refractivity contribution in [1.82, 2.24) is 19.4 Å². The van der Waals surface area contributed by atoms with Gasteiger partial charge in [-0.3, -0.25) is 14.9 Å². The van der Waals surface area contributed by atoms with Crippen LogP contribution >= 0.6 is 0 Å². The predicted octanol–water partition coefficient (Wildman–Crippen LogP) is 3.41. The standard InChI is InChI=1S/C26H29N5O7S/c1-16-4-5-17(2)21(14-16)30-26(18(3)24(28-30)25(32)27-19-6-7-19)38-22-9-8-20(31(33)34)15-23(22)39(35,36)29-10-12-37-13-11-29/h4-5,8-9,14-15,19H,6-7,10-13H2,1-3H3,(H,27,32).